The topological polar surface area (TPSA) is 107 Å². The Morgan fingerprint density at radius 2 is 2.00 bits per heavy atom. The number of aromatic nitrogens is 2. The molecule has 2 aromatic carbocycles. The molecule has 4 aromatic rings. The van der Waals surface area contributed by atoms with E-state index in [0.29, 0.717) is 39.3 Å². The van der Waals surface area contributed by atoms with Crippen molar-refractivity contribution in [1.82, 2.24) is 10.1 Å². The summed E-state index contributed by atoms with van der Waals surface area (Å²) in [5.74, 6) is 1.65. The van der Waals surface area contributed by atoms with E-state index in [9.17, 15) is 8.42 Å². The maximum absolute atomic E-state index is 12.8. The number of aryl methyl sites for hydroxylation is 1. The Hall–Kier alpha value is -2.98. The summed E-state index contributed by atoms with van der Waals surface area (Å²) in [7, 11) is -2.34. The van der Waals surface area contributed by atoms with Crippen molar-refractivity contribution in [3.05, 3.63) is 60.0 Å². The molecule has 0 aliphatic carbocycles. The van der Waals surface area contributed by atoms with Gasteiger partial charge in [0, 0.05) is 6.07 Å². The summed E-state index contributed by atoms with van der Waals surface area (Å²) in [6, 6.07) is 13.2. The number of nitrogens with zero attached hydrogens (tertiary/aromatic N) is 2. The molecule has 8 nitrogen and oxygen atoms in total. The molecule has 2 heterocycles. The number of para-hydroxylation sites is 2. The lowest BCUT2D eigenvalue weighted by Gasteiger charge is -2.11. The Labute approximate surface area is 171 Å². The molecule has 0 radical (unpaired) electrons. The van der Waals surface area contributed by atoms with Crippen LogP contribution in [0.2, 0.25) is 0 Å². The highest BCUT2D eigenvalue weighted by molar-refractivity contribution is 7.98. The predicted octanol–water partition coefficient (Wildman–Crippen LogP) is 4.23. The molecule has 29 heavy (non-hydrogen) atoms. The lowest BCUT2D eigenvalue weighted by atomic mass is 10.3. The molecular weight excluding hydrogens is 414 g/mol. The Morgan fingerprint density at radius 1 is 1.17 bits per heavy atom. The zero-order valence-electron chi connectivity index (χ0n) is 15.6. The lowest BCUT2D eigenvalue weighted by Crippen LogP contribution is -2.13. The number of sulfonamides is 1. The van der Waals surface area contributed by atoms with Crippen LogP contribution < -0.4 is 9.46 Å². The monoisotopic (exact) mass is 431 g/mol. The van der Waals surface area contributed by atoms with Gasteiger partial charge in [0.15, 0.2) is 5.58 Å². The molecule has 0 unspecified atom stereocenters. The number of thioether (sulfide) groups is 1. The number of benzene rings is 2. The van der Waals surface area contributed by atoms with E-state index in [-0.39, 0.29) is 4.90 Å². The van der Waals surface area contributed by atoms with E-state index in [2.05, 4.69) is 14.9 Å². The molecule has 2 aromatic heterocycles. The van der Waals surface area contributed by atoms with Gasteiger partial charge in [0.1, 0.15) is 17.0 Å². The molecule has 0 atom stereocenters. The van der Waals surface area contributed by atoms with E-state index in [1.54, 1.807) is 30.3 Å². The number of hydrogen-bond acceptors (Lipinski definition) is 8. The van der Waals surface area contributed by atoms with Crippen LogP contribution in [0.1, 0.15) is 11.5 Å². The molecule has 10 heteroatoms. The summed E-state index contributed by atoms with van der Waals surface area (Å²) in [6.45, 7) is 1.85. The zero-order chi connectivity index (χ0) is 20.4. The minimum absolute atomic E-state index is 0.0756. The first-order chi connectivity index (χ1) is 13.9. The van der Waals surface area contributed by atoms with Crippen molar-refractivity contribution in [1.29, 1.82) is 0 Å². The average Bonchev–Trinajstić information content (AvgIpc) is 3.31. The highest BCUT2D eigenvalue weighted by Gasteiger charge is 2.18. The van der Waals surface area contributed by atoms with Crippen molar-refractivity contribution in [2.75, 3.05) is 11.8 Å². The Kier molecular flexibility index (Phi) is 5.20. The van der Waals surface area contributed by atoms with Crippen molar-refractivity contribution in [2.45, 2.75) is 22.8 Å². The van der Waals surface area contributed by atoms with Crippen LogP contribution in [0.3, 0.4) is 0 Å². The van der Waals surface area contributed by atoms with E-state index >= 15 is 0 Å². The largest absolute Gasteiger partial charge is 0.495 e. The van der Waals surface area contributed by atoms with Crippen LogP contribution in [0.25, 0.3) is 11.1 Å². The third-order valence-electron chi connectivity index (χ3n) is 4.02. The Morgan fingerprint density at radius 3 is 2.76 bits per heavy atom. The lowest BCUT2D eigenvalue weighted by molar-refractivity contribution is 0.390. The first-order valence-electron chi connectivity index (χ1n) is 8.56. The normalized spacial score (nSPS) is 11.7. The molecule has 150 valence electrons. The third-order valence-corrected chi connectivity index (χ3v) is 6.23. The van der Waals surface area contributed by atoms with Crippen LogP contribution in [0, 0.1) is 6.92 Å². The standard InChI is InChI=1S/C19H17N3O5S2/c1-12-9-13(27-21-12)11-28-19-20-16-10-14(7-8-18(16)26-19)29(23,24)22-15-5-3-4-6-17(15)25-2/h3-10,22H,11H2,1-2H3. The van der Waals surface area contributed by atoms with E-state index < -0.39 is 10.0 Å². The average molecular weight is 431 g/mol. The maximum Gasteiger partial charge on any atom is 0.262 e. The van der Waals surface area contributed by atoms with Crippen molar-refractivity contribution in [3.8, 4) is 5.75 Å². The number of fused-ring (bicyclic) bond motifs is 1. The molecule has 0 aliphatic heterocycles. The van der Waals surface area contributed by atoms with Crippen molar-refractivity contribution < 1.29 is 22.1 Å². The Bertz CT molecular complexity index is 1260. The number of nitrogens with one attached hydrogen (secondary N) is 1. The number of hydrogen-bond donors (Lipinski definition) is 1. The second kappa shape index (κ2) is 7.80. The summed E-state index contributed by atoms with van der Waals surface area (Å²) >= 11 is 1.34. The second-order valence-corrected chi connectivity index (χ2v) is 8.75. The molecule has 0 bridgehead atoms. The van der Waals surface area contributed by atoms with Crippen LogP contribution in [0.5, 0.6) is 5.75 Å². The van der Waals surface area contributed by atoms with Gasteiger partial charge in [-0.15, -0.1) is 0 Å². The van der Waals surface area contributed by atoms with Crippen LogP contribution in [0.4, 0.5) is 5.69 Å². The smallest absolute Gasteiger partial charge is 0.262 e. The van der Waals surface area contributed by atoms with Crippen LogP contribution in [0.15, 0.2) is 67.6 Å². The molecule has 4 rings (SSSR count). The SMILES string of the molecule is COc1ccccc1NS(=O)(=O)c1ccc2oc(SCc3cc(C)no3)nc2c1. The fourth-order valence-corrected chi connectivity index (χ4v) is 4.47. The minimum Gasteiger partial charge on any atom is -0.495 e. The molecule has 0 saturated heterocycles. The molecule has 0 spiro atoms. The van der Waals surface area contributed by atoms with E-state index in [1.807, 2.05) is 13.0 Å². The number of oxazole rings is 1. The second-order valence-electron chi connectivity index (χ2n) is 6.14. The first-order valence-corrected chi connectivity index (χ1v) is 11.0. The van der Waals surface area contributed by atoms with Crippen molar-refractivity contribution >= 4 is 38.6 Å². The summed E-state index contributed by atoms with van der Waals surface area (Å²) in [5.41, 5.74) is 2.10. The van der Waals surface area contributed by atoms with E-state index in [0.717, 1.165) is 5.69 Å². The molecule has 0 amide bonds. The maximum atomic E-state index is 12.8. The molecule has 0 fully saturated rings. The summed E-state index contributed by atoms with van der Waals surface area (Å²) < 4.78 is 44.1. The van der Waals surface area contributed by atoms with E-state index in [4.69, 9.17) is 13.7 Å². The van der Waals surface area contributed by atoms with Crippen LogP contribution in [-0.2, 0) is 15.8 Å². The van der Waals surface area contributed by atoms with Crippen molar-refractivity contribution in [3.63, 3.8) is 0 Å². The fourth-order valence-electron chi connectivity index (χ4n) is 2.66. The highest BCUT2D eigenvalue weighted by atomic mass is 32.2. The predicted molar refractivity (Wildman–Crippen MR) is 109 cm³/mol. The summed E-state index contributed by atoms with van der Waals surface area (Å²) in [5, 5.41) is 4.25. The number of rotatable bonds is 7. The number of ether oxygens (including phenoxy) is 1. The molecule has 1 N–H and O–H groups in total. The summed E-state index contributed by atoms with van der Waals surface area (Å²) in [4.78, 5) is 4.44. The number of anilines is 1. The van der Waals surface area contributed by atoms with Gasteiger partial charge in [0.2, 0.25) is 0 Å². The van der Waals surface area contributed by atoms with Gasteiger partial charge in [-0.05, 0) is 37.3 Å². The quantitative estimate of drug-likeness (QED) is 0.433. The number of methoxy groups -OCH3 is 1. The van der Waals surface area contributed by atoms with Gasteiger partial charge < -0.3 is 13.7 Å². The molecule has 0 saturated carbocycles. The third kappa shape index (κ3) is 4.22. The van der Waals surface area contributed by atoms with Gasteiger partial charge in [-0.25, -0.2) is 13.4 Å². The zero-order valence-corrected chi connectivity index (χ0v) is 17.2. The molecular formula is C19H17N3O5S2. The molecule has 0 aliphatic rings. The minimum atomic E-state index is -3.82. The van der Waals surface area contributed by atoms with E-state index in [1.165, 1.54) is 31.0 Å². The summed E-state index contributed by atoms with van der Waals surface area (Å²) in [6.07, 6.45) is 0. The van der Waals surface area contributed by atoms with Crippen molar-refractivity contribution in [2.24, 2.45) is 0 Å². The highest BCUT2D eigenvalue weighted by Crippen LogP contribution is 2.30. The van der Waals surface area contributed by atoms with Gasteiger partial charge in [-0.3, -0.25) is 4.72 Å². The Balaban J connectivity index is 1.56. The fraction of sp³-hybridized carbons (Fsp3) is 0.158. The van der Waals surface area contributed by atoms with Crippen LogP contribution >= 0.6 is 11.8 Å². The van der Waals surface area contributed by atoms with Gasteiger partial charge in [0.05, 0.1) is 29.1 Å². The first kappa shape index (κ1) is 19.3. The van der Waals surface area contributed by atoms with Gasteiger partial charge in [0.25, 0.3) is 15.2 Å². The van der Waals surface area contributed by atoms with Crippen LogP contribution in [-0.4, -0.2) is 25.7 Å². The van der Waals surface area contributed by atoms with Gasteiger partial charge >= 0.3 is 0 Å². The van der Waals surface area contributed by atoms with Gasteiger partial charge in [-0.2, -0.15) is 0 Å². The van der Waals surface area contributed by atoms with Gasteiger partial charge in [-0.1, -0.05) is 29.1 Å².